The predicted octanol–water partition coefficient (Wildman–Crippen LogP) is 3.75. The maximum atomic E-state index is 6.12. The molecule has 0 amide bonds. The molecule has 0 aliphatic carbocycles. The van der Waals surface area contributed by atoms with Crippen molar-refractivity contribution in [2.24, 2.45) is 0 Å². The Kier molecular flexibility index (Phi) is 5.64. The second-order valence-corrected chi connectivity index (χ2v) is 7.83. The number of benzene rings is 2. The number of para-hydroxylation sites is 1. The Bertz CT molecular complexity index is 929. The second kappa shape index (κ2) is 8.50. The zero-order valence-corrected chi connectivity index (χ0v) is 16.6. The highest BCUT2D eigenvalue weighted by Crippen LogP contribution is 2.37. The Morgan fingerprint density at radius 2 is 1.79 bits per heavy atom. The van der Waals surface area contributed by atoms with Crippen molar-refractivity contribution in [3.8, 4) is 11.6 Å². The molecule has 7 heteroatoms. The average Bonchev–Trinajstić information content (AvgIpc) is 2.71. The van der Waals surface area contributed by atoms with E-state index in [0.29, 0.717) is 11.8 Å². The summed E-state index contributed by atoms with van der Waals surface area (Å²) in [5.74, 6) is 2.01. The number of ether oxygens (including phenoxy) is 1. The van der Waals surface area contributed by atoms with E-state index in [1.807, 2.05) is 60.8 Å². The smallest absolute Gasteiger partial charge is 0.238 e. The zero-order chi connectivity index (χ0) is 19.3. The summed E-state index contributed by atoms with van der Waals surface area (Å²) in [6.45, 7) is 3.81. The first-order valence-electron chi connectivity index (χ1n) is 9.24. The first kappa shape index (κ1) is 18.6. The van der Waals surface area contributed by atoms with Gasteiger partial charge in [-0.25, -0.2) is 4.98 Å². The Balaban J connectivity index is 1.64. The monoisotopic (exact) mass is 393 g/mol. The second-order valence-electron chi connectivity index (χ2n) is 6.72. The zero-order valence-electron chi connectivity index (χ0n) is 15.8. The molecule has 0 spiro atoms. The van der Waals surface area contributed by atoms with Crippen molar-refractivity contribution in [2.75, 3.05) is 43.9 Å². The number of anilines is 2. The summed E-state index contributed by atoms with van der Waals surface area (Å²) in [5, 5.41) is 0. The molecule has 1 aliphatic heterocycles. The number of nitrogen functional groups attached to an aromatic ring is 1. The number of hydrogen-bond donors (Lipinski definition) is 1. The maximum absolute atomic E-state index is 6.12. The number of piperazine rings is 1. The molecule has 0 bridgehead atoms. The number of aromatic nitrogens is 2. The molecule has 6 nitrogen and oxygen atoms in total. The molecule has 1 fully saturated rings. The number of likely N-dealkylation sites (N-methyl/N-ethyl adjacent to an activating group) is 1. The molecule has 144 valence electrons. The van der Waals surface area contributed by atoms with Crippen molar-refractivity contribution >= 4 is 23.4 Å². The minimum absolute atomic E-state index is 0.558. The Morgan fingerprint density at radius 1 is 1.00 bits per heavy atom. The van der Waals surface area contributed by atoms with Gasteiger partial charge in [-0.05, 0) is 37.4 Å². The Hall–Kier alpha value is -2.77. The minimum atomic E-state index is 0.558. The number of hydrogen-bond acceptors (Lipinski definition) is 7. The quantitative estimate of drug-likeness (QED) is 0.662. The molecular weight excluding hydrogens is 370 g/mol. The average molecular weight is 394 g/mol. The fourth-order valence-electron chi connectivity index (χ4n) is 2.95. The molecule has 0 saturated carbocycles. The summed E-state index contributed by atoms with van der Waals surface area (Å²) in [7, 11) is 2.13. The molecule has 2 aromatic carbocycles. The highest BCUT2D eigenvalue weighted by Gasteiger charge is 2.19. The van der Waals surface area contributed by atoms with Crippen LogP contribution < -0.4 is 15.4 Å². The third-order valence-electron chi connectivity index (χ3n) is 4.54. The van der Waals surface area contributed by atoms with Gasteiger partial charge in [-0.15, -0.1) is 0 Å². The van der Waals surface area contributed by atoms with Crippen LogP contribution >= 0.6 is 11.8 Å². The van der Waals surface area contributed by atoms with Gasteiger partial charge in [-0.1, -0.05) is 36.0 Å². The van der Waals surface area contributed by atoms with Crippen molar-refractivity contribution in [1.29, 1.82) is 0 Å². The van der Waals surface area contributed by atoms with Crippen LogP contribution in [0, 0.1) is 0 Å². The Labute approximate surface area is 169 Å². The van der Waals surface area contributed by atoms with E-state index in [4.69, 9.17) is 15.5 Å². The third-order valence-corrected chi connectivity index (χ3v) is 5.53. The highest BCUT2D eigenvalue weighted by atomic mass is 32.2. The lowest BCUT2D eigenvalue weighted by Gasteiger charge is -2.32. The minimum Gasteiger partial charge on any atom is -0.438 e. The van der Waals surface area contributed by atoms with E-state index in [2.05, 4.69) is 21.8 Å². The van der Waals surface area contributed by atoms with E-state index in [1.165, 1.54) is 0 Å². The van der Waals surface area contributed by atoms with Crippen molar-refractivity contribution < 1.29 is 4.74 Å². The lowest BCUT2D eigenvalue weighted by Crippen LogP contribution is -2.45. The summed E-state index contributed by atoms with van der Waals surface area (Å²) in [6.07, 6.45) is 1.84. The first-order valence-corrected chi connectivity index (χ1v) is 10.1. The van der Waals surface area contributed by atoms with Crippen molar-refractivity contribution in [1.82, 2.24) is 14.9 Å². The molecule has 2 N–H and O–H groups in total. The van der Waals surface area contributed by atoms with Crippen LogP contribution in [0.25, 0.3) is 0 Å². The summed E-state index contributed by atoms with van der Waals surface area (Å²) >= 11 is 1.55. The first-order chi connectivity index (χ1) is 13.7. The van der Waals surface area contributed by atoms with Gasteiger partial charge in [0.2, 0.25) is 11.8 Å². The summed E-state index contributed by atoms with van der Waals surface area (Å²) in [6, 6.07) is 17.5. The molecule has 3 aromatic rings. The lowest BCUT2D eigenvalue weighted by molar-refractivity contribution is 0.310. The van der Waals surface area contributed by atoms with E-state index in [9.17, 15) is 0 Å². The van der Waals surface area contributed by atoms with Crippen molar-refractivity contribution in [2.45, 2.75) is 9.79 Å². The van der Waals surface area contributed by atoms with Crippen LogP contribution in [0.3, 0.4) is 0 Å². The van der Waals surface area contributed by atoms with Gasteiger partial charge in [0, 0.05) is 36.8 Å². The van der Waals surface area contributed by atoms with Crippen LogP contribution in [0.15, 0.2) is 70.6 Å². The topological polar surface area (TPSA) is 67.5 Å². The van der Waals surface area contributed by atoms with Gasteiger partial charge in [-0.2, -0.15) is 4.98 Å². The van der Waals surface area contributed by atoms with E-state index in [1.54, 1.807) is 11.8 Å². The third kappa shape index (κ3) is 4.55. The van der Waals surface area contributed by atoms with Crippen LogP contribution in [0.2, 0.25) is 0 Å². The number of nitrogens with two attached hydrogens (primary N) is 1. The molecule has 4 rings (SSSR count). The van der Waals surface area contributed by atoms with E-state index >= 15 is 0 Å². The maximum Gasteiger partial charge on any atom is 0.238 e. The molecule has 2 heterocycles. The van der Waals surface area contributed by atoms with E-state index in [0.717, 1.165) is 47.4 Å². The van der Waals surface area contributed by atoms with Gasteiger partial charge in [-0.3, -0.25) is 0 Å². The van der Waals surface area contributed by atoms with Gasteiger partial charge in [0.1, 0.15) is 5.75 Å². The van der Waals surface area contributed by atoms with Gasteiger partial charge < -0.3 is 20.3 Å². The molecule has 28 heavy (non-hydrogen) atoms. The van der Waals surface area contributed by atoms with Crippen molar-refractivity contribution in [3.63, 3.8) is 0 Å². The fourth-order valence-corrected chi connectivity index (χ4v) is 3.83. The summed E-state index contributed by atoms with van der Waals surface area (Å²) in [5.41, 5.74) is 6.65. The molecular formula is C21H23N5OS. The molecule has 1 saturated heterocycles. The van der Waals surface area contributed by atoms with Crippen LogP contribution in [0.4, 0.5) is 11.6 Å². The number of nitrogens with zero attached hydrogens (tertiary/aromatic N) is 4. The molecule has 0 radical (unpaired) electrons. The molecule has 0 atom stereocenters. The standard InChI is InChI=1S/C21H23N5OS/c1-25-10-12-26(13-11-25)21-23-15-19(28-18-9-5-6-16(22)14-18)20(24-21)27-17-7-3-2-4-8-17/h2-9,14-15H,10-13,22H2,1H3. The van der Waals surface area contributed by atoms with E-state index < -0.39 is 0 Å². The predicted molar refractivity (Wildman–Crippen MR) is 113 cm³/mol. The Morgan fingerprint density at radius 3 is 2.54 bits per heavy atom. The SMILES string of the molecule is CN1CCN(c2ncc(Sc3cccc(N)c3)c(Oc3ccccc3)n2)CC1. The summed E-state index contributed by atoms with van der Waals surface area (Å²) in [4.78, 5) is 15.8. The molecule has 1 aliphatic rings. The lowest BCUT2D eigenvalue weighted by atomic mass is 10.3. The normalized spacial score (nSPS) is 14.8. The van der Waals surface area contributed by atoms with Gasteiger partial charge in [0.25, 0.3) is 0 Å². The van der Waals surface area contributed by atoms with E-state index in [-0.39, 0.29) is 0 Å². The van der Waals surface area contributed by atoms with Gasteiger partial charge >= 0.3 is 0 Å². The summed E-state index contributed by atoms with van der Waals surface area (Å²) < 4.78 is 6.12. The van der Waals surface area contributed by atoms with Crippen LogP contribution in [-0.2, 0) is 0 Å². The highest BCUT2D eigenvalue weighted by molar-refractivity contribution is 7.99. The fraction of sp³-hybridized carbons (Fsp3) is 0.238. The largest absolute Gasteiger partial charge is 0.438 e. The van der Waals surface area contributed by atoms with Gasteiger partial charge in [0.05, 0.1) is 11.1 Å². The number of rotatable bonds is 5. The van der Waals surface area contributed by atoms with Gasteiger partial charge in [0.15, 0.2) is 0 Å². The van der Waals surface area contributed by atoms with Crippen LogP contribution in [0.1, 0.15) is 0 Å². The van der Waals surface area contributed by atoms with Crippen LogP contribution in [-0.4, -0.2) is 48.1 Å². The van der Waals surface area contributed by atoms with Crippen LogP contribution in [0.5, 0.6) is 11.6 Å². The molecule has 0 unspecified atom stereocenters. The van der Waals surface area contributed by atoms with Crippen molar-refractivity contribution in [3.05, 3.63) is 60.8 Å². The molecule has 1 aromatic heterocycles.